The maximum absolute atomic E-state index is 12.2. The summed E-state index contributed by atoms with van der Waals surface area (Å²) >= 11 is 0. The number of alkyl halides is 3. The first-order chi connectivity index (χ1) is 8.29. The lowest BCUT2D eigenvalue weighted by Gasteiger charge is -2.12. The van der Waals surface area contributed by atoms with Crippen LogP contribution < -0.4 is 10.2 Å². The minimum atomic E-state index is -4.79. The molecule has 0 saturated heterocycles. The molecule has 0 spiro atoms. The molecule has 0 aliphatic carbocycles. The van der Waals surface area contributed by atoms with E-state index in [1.54, 1.807) is 13.8 Å². The van der Waals surface area contributed by atoms with Gasteiger partial charge in [0.1, 0.15) is 0 Å². The summed E-state index contributed by atoms with van der Waals surface area (Å²) in [5, 5.41) is 0.180. The normalized spacial score (nSPS) is 11.8. The maximum Gasteiger partial charge on any atom is 0.573 e. The number of benzene rings is 1. The zero-order valence-electron chi connectivity index (χ0n) is 9.68. The van der Waals surface area contributed by atoms with Gasteiger partial charge in [0.2, 0.25) is 0 Å². The summed E-state index contributed by atoms with van der Waals surface area (Å²) in [7, 11) is 0. The van der Waals surface area contributed by atoms with E-state index < -0.39 is 12.1 Å². The van der Waals surface area contributed by atoms with Crippen LogP contribution in [0.1, 0.15) is 11.3 Å². The van der Waals surface area contributed by atoms with Gasteiger partial charge in [0.15, 0.2) is 11.2 Å². The van der Waals surface area contributed by atoms with Gasteiger partial charge in [0.25, 0.3) is 0 Å². The second-order valence-corrected chi connectivity index (χ2v) is 3.93. The van der Waals surface area contributed by atoms with E-state index >= 15 is 0 Å². The van der Waals surface area contributed by atoms with Gasteiger partial charge in [0.05, 0.1) is 5.52 Å². The number of para-hydroxylation sites is 1. The molecule has 0 amide bonds. The van der Waals surface area contributed by atoms with Crippen LogP contribution in [0.15, 0.2) is 23.0 Å². The maximum atomic E-state index is 12.2. The topological polar surface area (TPSA) is 42.1 Å². The number of nitrogens with one attached hydrogen (secondary N) is 1. The molecule has 2 aromatic rings. The number of H-pyrrole nitrogens is 1. The second kappa shape index (κ2) is 4.04. The summed E-state index contributed by atoms with van der Waals surface area (Å²) in [5.41, 5.74) is 0.759. The van der Waals surface area contributed by atoms with Gasteiger partial charge in [0, 0.05) is 16.6 Å². The first kappa shape index (κ1) is 12.5. The van der Waals surface area contributed by atoms with Gasteiger partial charge in [-0.3, -0.25) is 4.79 Å². The molecular formula is C12H10F3NO2. The van der Waals surface area contributed by atoms with Crippen LogP contribution in [0.25, 0.3) is 10.9 Å². The molecule has 0 unspecified atom stereocenters. The molecule has 0 fully saturated rings. The van der Waals surface area contributed by atoms with E-state index in [1.165, 1.54) is 18.2 Å². The van der Waals surface area contributed by atoms with Crippen LogP contribution in [0, 0.1) is 13.8 Å². The predicted octanol–water partition coefficient (Wildman–Crippen LogP) is 3.04. The number of fused-ring (bicyclic) bond motifs is 1. The average Bonchev–Trinajstić information content (AvgIpc) is 2.25. The molecule has 0 aliphatic heterocycles. The van der Waals surface area contributed by atoms with E-state index in [-0.39, 0.29) is 16.3 Å². The highest BCUT2D eigenvalue weighted by atomic mass is 19.4. The lowest BCUT2D eigenvalue weighted by Crippen LogP contribution is -2.18. The highest BCUT2D eigenvalue weighted by molar-refractivity contribution is 5.85. The van der Waals surface area contributed by atoms with Crippen molar-refractivity contribution in [2.24, 2.45) is 0 Å². The molecule has 0 radical (unpaired) electrons. The summed E-state index contributed by atoms with van der Waals surface area (Å²) in [6, 6.07) is 3.98. The van der Waals surface area contributed by atoms with Crippen LogP contribution in [-0.2, 0) is 0 Å². The Balaban J connectivity index is 2.74. The Bertz CT molecular complexity index is 659. The minimum absolute atomic E-state index is 0.0583. The number of halogens is 3. The fourth-order valence-corrected chi connectivity index (χ4v) is 1.71. The molecular weight excluding hydrogens is 247 g/mol. The Kier molecular flexibility index (Phi) is 2.80. The number of hydrogen-bond donors (Lipinski definition) is 1. The molecule has 0 aliphatic rings. The SMILES string of the molecule is Cc1[nH]c2c(OC(F)(F)F)cccc2c(=O)c1C. The predicted molar refractivity (Wildman–Crippen MR) is 60.7 cm³/mol. The van der Waals surface area contributed by atoms with Crippen molar-refractivity contribution in [3.63, 3.8) is 0 Å². The van der Waals surface area contributed by atoms with Gasteiger partial charge >= 0.3 is 6.36 Å². The zero-order chi connectivity index (χ0) is 13.5. The van der Waals surface area contributed by atoms with E-state index in [1.807, 2.05) is 0 Å². The average molecular weight is 257 g/mol. The van der Waals surface area contributed by atoms with Crippen molar-refractivity contribution >= 4 is 10.9 Å². The summed E-state index contributed by atoms with van der Waals surface area (Å²) in [6.07, 6.45) is -4.79. The lowest BCUT2D eigenvalue weighted by molar-refractivity contribution is -0.274. The Hall–Kier alpha value is -1.98. The first-order valence-electron chi connectivity index (χ1n) is 5.17. The Labute approximate surface area is 100 Å². The largest absolute Gasteiger partial charge is 0.573 e. The molecule has 96 valence electrons. The molecule has 3 nitrogen and oxygen atoms in total. The molecule has 0 saturated carbocycles. The number of hydrogen-bond acceptors (Lipinski definition) is 2. The van der Waals surface area contributed by atoms with Gasteiger partial charge in [-0.15, -0.1) is 13.2 Å². The quantitative estimate of drug-likeness (QED) is 0.853. The third-order valence-electron chi connectivity index (χ3n) is 2.71. The van der Waals surface area contributed by atoms with Gasteiger partial charge in [-0.1, -0.05) is 6.07 Å². The van der Waals surface area contributed by atoms with Crippen molar-refractivity contribution in [3.05, 3.63) is 39.7 Å². The molecule has 1 aromatic carbocycles. The number of pyridine rings is 1. The smallest absolute Gasteiger partial charge is 0.404 e. The van der Waals surface area contributed by atoms with E-state index in [4.69, 9.17) is 0 Å². The molecule has 1 aromatic heterocycles. The Morgan fingerprint density at radius 1 is 1.22 bits per heavy atom. The molecule has 0 atom stereocenters. The third kappa shape index (κ3) is 2.18. The van der Waals surface area contributed by atoms with Gasteiger partial charge in [-0.25, -0.2) is 0 Å². The summed E-state index contributed by atoms with van der Waals surface area (Å²) in [5.74, 6) is -0.403. The monoisotopic (exact) mass is 257 g/mol. The second-order valence-electron chi connectivity index (χ2n) is 3.93. The van der Waals surface area contributed by atoms with Gasteiger partial charge in [-0.2, -0.15) is 0 Å². The number of aromatic nitrogens is 1. The van der Waals surface area contributed by atoms with E-state index in [0.29, 0.717) is 11.3 Å². The van der Waals surface area contributed by atoms with E-state index in [9.17, 15) is 18.0 Å². The number of ether oxygens (including phenoxy) is 1. The van der Waals surface area contributed by atoms with Crippen molar-refractivity contribution in [1.29, 1.82) is 0 Å². The Morgan fingerprint density at radius 2 is 1.89 bits per heavy atom. The van der Waals surface area contributed by atoms with E-state index in [0.717, 1.165) is 0 Å². The van der Waals surface area contributed by atoms with Crippen LogP contribution >= 0.6 is 0 Å². The van der Waals surface area contributed by atoms with Crippen molar-refractivity contribution < 1.29 is 17.9 Å². The fourth-order valence-electron chi connectivity index (χ4n) is 1.71. The number of aromatic amines is 1. The van der Waals surface area contributed by atoms with Crippen LogP contribution in [0.3, 0.4) is 0 Å². The highest BCUT2D eigenvalue weighted by Gasteiger charge is 2.32. The molecule has 6 heteroatoms. The summed E-state index contributed by atoms with van der Waals surface area (Å²) in [4.78, 5) is 14.7. The third-order valence-corrected chi connectivity index (χ3v) is 2.71. The molecule has 18 heavy (non-hydrogen) atoms. The van der Waals surface area contributed by atoms with Gasteiger partial charge < -0.3 is 9.72 Å². The lowest BCUT2D eigenvalue weighted by atomic mass is 10.1. The van der Waals surface area contributed by atoms with Crippen molar-refractivity contribution in [2.75, 3.05) is 0 Å². The fraction of sp³-hybridized carbons (Fsp3) is 0.250. The zero-order valence-corrected chi connectivity index (χ0v) is 9.68. The van der Waals surface area contributed by atoms with Crippen LogP contribution in [-0.4, -0.2) is 11.3 Å². The van der Waals surface area contributed by atoms with Crippen molar-refractivity contribution in [3.8, 4) is 5.75 Å². The van der Waals surface area contributed by atoms with Gasteiger partial charge in [-0.05, 0) is 26.0 Å². The molecule has 0 bridgehead atoms. The molecule has 1 heterocycles. The first-order valence-corrected chi connectivity index (χ1v) is 5.17. The van der Waals surface area contributed by atoms with Crippen LogP contribution in [0.2, 0.25) is 0 Å². The highest BCUT2D eigenvalue weighted by Crippen LogP contribution is 2.28. The van der Waals surface area contributed by atoms with E-state index in [2.05, 4.69) is 9.72 Å². The minimum Gasteiger partial charge on any atom is -0.404 e. The number of aryl methyl sites for hydroxylation is 1. The molecule has 1 N–H and O–H groups in total. The van der Waals surface area contributed by atoms with Crippen molar-refractivity contribution in [2.45, 2.75) is 20.2 Å². The van der Waals surface area contributed by atoms with Crippen LogP contribution in [0.5, 0.6) is 5.75 Å². The number of rotatable bonds is 1. The van der Waals surface area contributed by atoms with Crippen molar-refractivity contribution in [1.82, 2.24) is 4.98 Å². The molecule has 2 rings (SSSR count). The summed E-state index contributed by atoms with van der Waals surface area (Å²) in [6.45, 7) is 3.24. The Morgan fingerprint density at radius 3 is 2.50 bits per heavy atom. The van der Waals surface area contributed by atoms with Crippen LogP contribution in [0.4, 0.5) is 13.2 Å². The summed E-state index contributed by atoms with van der Waals surface area (Å²) < 4.78 is 40.6. The standard InChI is InChI=1S/C12H10F3NO2/c1-6-7(2)16-10-8(11(6)17)4-3-5-9(10)18-12(13,14)15/h3-5H,1-2H3,(H,16,17).